The fraction of sp³-hybridized carbons (Fsp3) is 0. The standard InChI is InChI=1S/C56H32OS/c1-3-13-40-33(10-1)12-9-19-43(40)53-46-17-7-5-15-44(46)52(45-16-6-8-18-47(45)53)39-23-22-35-30-36(20-21-37(35)31-39)38-25-26-42-50-29-28-49-48-27-24-34-11-2-4-14-41(34)54(48)57-55(49)56(50)58-51(42)32-38/h1-32H. The van der Waals surface area contributed by atoms with E-state index in [0.29, 0.717) is 0 Å². The molecule has 0 radical (unpaired) electrons. The Hall–Kier alpha value is -7.26. The van der Waals surface area contributed by atoms with Crippen molar-refractivity contribution in [1.82, 2.24) is 0 Å². The predicted octanol–water partition coefficient (Wildman–Crippen LogP) is 16.7. The summed E-state index contributed by atoms with van der Waals surface area (Å²) in [6, 6.07) is 71.5. The summed E-state index contributed by atoms with van der Waals surface area (Å²) in [5.74, 6) is 0. The van der Waals surface area contributed by atoms with Crippen LogP contribution < -0.4 is 0 Å². The van der Waals surface area contributed by atoms with E-state index in [4.69, 9.17) is 4.42 Å². The SMILES string of the molecule is c1ccc2c(-c3c4ccccc4c(-c4ccc5cc(-c6ccc7c(c6)sc6c7ccc7c8ccc9ccccc9c8oc76)ccc5c4)c4ccccc34)cccc2c1. The Labute approximate surface area is 337 Å². The Morgan fingerprint density at radius 1 is 0.293 bits per heavy atom. The van der Waals surface area contributed by atoms with E-state index in [1.807, 2.05) is 11.3 Å². The third-order valence-corrected chi connectivity index (χ3v) is 13.6. The first kappa shape index (κ1) is 31.9. The van der Waals surface area contributed by atoms with Crippen LogP contribution in [-0.4, -0.2) is 0 Å². The Bertz CT molecular complexity index is 3800. The van der Waals surface area contributed by atoms with Gasteiger partial charge in [-0.15, -0.1) is 11.3 Å². The second-order valence-electron chi connectivity index (χ2n) is 15.5. The lowest BCUT2D eigenvalue weighted by Gasteiger charge is -2.19. The molecule has 0 saturated heterocycles. The van der Waals surface area contributed by atoms with Crippen LogP contribution in [0.25, 0.3) is 129 Å². The summed E-state index contributed by atoms with van der Waals surface area (Å²) in [6.45, 7) is 0. The molecule has 268 valence electrons. The molecule has 1 nitrogen and oxygen atoms in total. The predicted molar refractivity (Wildman–Crippen MR) is 250 cm³/mol. The van der Waals surface area contributed by atoms with Gasteiger partial charge in [-0.1, -0.05) is 164 Å². The average Bonchev–Trinajstić information content (AvgIpc) is 3.86. The van der Waals surface area contributed by atoms with Gasteiger partial charge in [0.1, 0.15) is 5.58 Å². The minimum absolute atomic E-state index is 0.970. The maximum absolute atomic E-state index is 6.71. The quantitative estimate of drug-likeness (QED) is 0.164. The van der Waals surface area contributed by atoms with Crippen molar-refractivity contribution in [1.29, 1.82) is 0 Å². The van der Waals surface area contributed by atoms with Crippen LogP contribution in [0.1, 0.15) is 0 Å². The molecule has 0 unspecified atom stereocenters. The van der Waals surface area contributed by atoms with Gasteiger partial charge in [0.15, 0.2) is 5.58 Å². The monoisotopic (exact) mass is 752 g/mol. The van der Waals surface area contributed by atoms with E-state index in [0.717, 1.165) is 16.6 Å². The molecule has 0 bridgehead atoms. The van der Waals surface area contributed by atoms with Crippen LogP contribution in [0.5, 0.6) is 0 Å². The summed E-state index contributed by atoms with van der Waals surface area (Å²) in [6.07, 6.45) is 0. The molecule has 0 N–H and O–H groups in total. The van der Waals surface area contributed by atoms with Gasteiger partial charge in [0, 0.05) is 31.6 Å². The molecule has 0 saturated carbocycles. The van der Waals surface area contributed by atoms with Crippen LogP contribution in [0.2, 0.25) is 0 Å². The van der Waals surface area contributed by atoms with Crippen LogP contribution in [-0.2, 0) is 0 Å². The fourth-order valence-corrected chi connectivity index (χ4v) is 11.0. The number of hydrogen-bond donors (Lipinski definition) is 0. The smallest absolute Gasteiger partial charge is 0.153 e. The van der Waals surface area contributed by atoms with Gasteiger partial charge in [-0.05, 0) is 112 Å². The molecule has 11 aromatic carbocycles. The van der Waals surface area contributed by atoms with Gasteiger partial charge in [0.2, 0.25) is 0 Å². The molecule has 2 aromatic heterocycles. The highest BCUT2D eigenvalue weighted by Gasteiger charge is 2.19. The summed E-state index contributed by atoms with van der Waals surface area (Å²) < 4.78 is 9.19. The van der Waals surface area contributed by atoms with Gasteiger partial charge in [-0.25, -0.2) is 0 Å². The van der Waals surface area contributed by atoms with Crippen molar-refractivity contribution < 1.29 is 4.42 Å². The summed E-state index contributed by atoms with van der Waals surface area (Å²) in [5.41, 5.74) is 9.47. The van der Waals surface area contributed by atoms with Gasteiger partial charge in [-0.2, -0.15) is 0 Å². The Morgan fingerprint density at radius 2 is 0.793 bits per heavy atom. The molecule has 13 rings (SSSR count). The number of furan rings is 1. The number of benzene rings is 11. The van der Waals surface area contributed by atoms with E-state index >= 15 is 0 Å². The zero-order chi connectivity index (χ0) is 37.9. The van der Waals surface area contributed by atoms with Crippen molar-refractivity contribution in [2.24, 2.45) is 0 Å². The van der Waals surface area contributed by atoms with Crippen molar-refractivity contribution in [3.63, 3.8) is 0 Å². The molecule has 0 aliphatic heterocycles. The second kappa shape index (κ2) is 12.1. The van der Waals surface area contributed by atoms with Gasteiger partial charge < -0.3 is 4.42 Å². The maximum atomic E-state index is 6.71. The first-order chi connectivity index (χ1) is 28.7. The third kappa shape index (κ3) is 4.58. The van der Waals surface area contributed by atoms with Crippen LogP contribution in [0, 0.1) is 0 Å². The minimum Gasteiger partial charge on any atom is -0.454 e. The molecule has 0 spiro atoms. The van der Waals surface area contributed by atoms with Crippen LogP contribution >= 0.6 is 11.3 Å². The lowest BCUT2D eigenvalue weighted by molar-refractivity contribution is 0.677. The van der Waals surface area contributed by atoms with Crippen molar-refractivity contribution in [3.8, 4) is 33.4 Å². The number of thiophene rings is 1. The van der Waals surface area contributed by atoms with Crippen molar-refractivity contribution in [2.45, 2.75) is 0 Å². The lowest BCUT2D eigenvalue weighted by atomic mass is 9.84. The van der Waals surface area contributed by atoms with Gasteiger partial charge >= 0.3 is 0 Å². The molecule has 13 aromatic rings. The number of hydrogen-bond acceptors (Lipinski definition) is 2. The van der Waals surface area contributed by atoms with Crippen molar-refractivity contribution in [2.75, 3.05) is 0 Å². The largest absolute Gasteiger partial charge is 0.454 e. The molecular formula is C56H32OS. The third-order valence-electron chi connectivity index (χ3n) is 12.4. The van der Waals surface area contributed by atoms with Crippen molar-refractivity contribution >= 4 is 107 Å². The number of fused-ring (bicyclic) bond motifs is 13. The fourth-order valence-electron chi connectivity index (χ4n) is 9.73. The summed E-state index contributed by atoms with van der Waals surface area (Å²) in [5, 5.41) is 17.3. The second-order valence-corrected chi connectivity index (χ2v) is 16.6. The van der Waals surface area contributed by atoms with Crippen molar-refractivity contribution in [3.05, 3.63) is 194 Å². The Kier molecular flexibility index (Phi) is 6.66. The minimum atomic E-state index is 0.970. The molecule has 0 aliphatic rings. The Morgan fingerprint density at radius 3 is 1.55 bits per heavy atom. The highest BCUT2D eigenvalue weighted by molar-refractivity contribution is 7.26. The van der Waals surface area contributed by atoms with Crippen LogP contribution in [0.15, 0.2) is 199 Å². The topological polar surface area (TPSA) is 13.1 Å². The van der Waals surface area contributed by atoms with E-state index in [9.17, 15) is 0 Å². The van der Waals surface area contributed by atoms with Crippen LogP contribution in [0.4, 0.5) is 0 Å². The molecule has 2 heterocycles. The number of rotatable bonds is 3. The molecule has 2 heteroatoms. The van der Waals surface area contributed by atoms with Gasteiger partial charge in [-0.3, -0.25) is 0 Å². The van der Waals surface area contributed by atoms with E-state index in [-0.39, 0.29) is 0 Å². The molecule has 0 fully saturated rings. The zero-order valence-electron chi connectivity index (χ0n) is 31.3. The molecule has 0 atom stereocenters. The van der Waals surface area contributed by atoms with E-state index in [1.165, 1.54) is 113 Å². The van der Waals surface area contributed by atoms with Gasteiger partial charge in [0.05, 0.1) is 4.70 Å². The van der Waals surface area contributed by atoms with E-state index < -0.39 is 0 Å². The molecule has 0 aliphatic carbocycles. The highest BCUT2D eigenvalue weighted by atomic mass is 32.1. The average molecular weight is 753 g/mol. The van der Waals surface area contributed by atoms with E-state index in [1.54, 1.807) is 0 Å². The molecule has 58 heavy (non-hydrogen) atoms. The Balaban J connectivity index is 0.932. The van der Waals surface area contributed by atoms with Crippen LogP contribution in [0.3, 0.4) is 0 Å². The summed E-state index contributed by atoms with van der Waals surface area (Å²) in [7, 11) is 0. The lowest BCUT2D eigenvalue weighted by Crippen LogP contribution is -1.91. The maximum Gasteiger partial charge on any atom is 0.153 e. The van der Waals surface area contributed by atoms with Gasteiger partial charge in [0.25, 0.3) is 0 Å². The summed E-state index contributed by atoms with van der Waals surface area (Å²) in [4.78, 5) is 0. The molecular weight excluding hydrogens is 721 g/mol. The normalized spacial score (nSPS) is 12.1. The zero-order valence-corrected chi connectivity index (χ0v) is 32.1. The molecule has 0 amide bonds. The first-order valence-electron chi connectivity index (χ1n) is 19.9. The summed E-state index contributed by atoms with van der Waals surface area (Å²) >= 11 is 1.83. The first-order valence-corrected chi connectivity index (χ1v) is 20.7. The highest BCUT2D eigenvalue weighted by Crippen LogP contribution is 2.47. The van der Waals surface area contributed by atoms with E-state index in [2.05, 4.69) is 194 Å².